The molecule has 0 saturated carbocycles. The first-order valence-electron chi connectivity index (χ1n) is 5.67. The average molecular weight is 239 g/mol. The van der Waals surface area contributed by atoms with Crippen molar-refractivity contribution in [3.8, 4) is 12.3 Å². The molecular weight excluding hydrogens is 226 g/mol. The largest absolute Gasteiger partial charge is 0.347 e. The van der Waals surface area contributed by atoms with E-state index >= 15 is 0 Å². The molecule has 18 heavy (non-hydrogen) atoms. The van der Waals surface area contributed by atoms with Gasteiger partial charge in [0, 0.05) is 12.5 Å². The highest BCUT2D eigenvalue weighted by Gasteiger charge is 2.11. The van der Waals surface area contributed by atoms with E-state index in [2.05, 4.69) is 21.2 Å². The number of fused-ring (bicyclic) bond motifs is 1. The van der Waals surface area contributed by atoms with Crippen molar-refractivity contribution in [2.45, 2.75) is 19.4 Å². The number of benzene rings is 1. The SMILES string of the molecule is C#CCC(C)NC(=O)c1cnc2ccccc2n1. The summed E-state index contributed by atoms with van der Waals surface area (Å²) in [4.78, 5) is 20.3. The smallest absolute Gasteiger partial charge is 0.271 e. The topological polar surface area (TPSA) is 54.9 Å². The quantitative estimate of drug-likeness (QED) is 0.830. The Morgan fingerprint density at radius 2 is 2.17 bits per heavy atom. The molecule has 0 aliphatic carbocycles. The molecule has 2 aromatic rings. The van der Waals surface area contributed by atoms with Crippen LogP contribution in [0.4, 0.5) is 0 Å². The Morgan fingerprint density at radius 3 is 2.89 bits per heavy atom. The Balaban J connectivity index is 2.21. The normalized spacial score (nSPS) is 11.8. The van der Waals surface area contributed by atoms with E-state index in [9.17, 15) is 4.79 Å². The maximum atomic E-state index is 11.9. The second-order valence-electron chi connectivity index (χ2n) is 4.03. The van der Waals surface area contributed by atoms with Gasteiger partial charge in [0.25, 0.3) is 5.91 Å². The minimum absolute atomic E-state index is 0.0734. The molecule has 0 aliphatic rings. The molecule has 1 atom stereocenters. The van der Waals surface area contributed by atoms with Gasteiger partial charge in [-0.15, -0.1) is 12.3 Å². The van der Waals surface area contributed by atoms with E-state index in [1.54, 1.807) is 0 Å². The monoisotopic (exact) mass is 239 g/mol. The van der Waals surface area contributed by atoms with Crippen LogP contribution in [0.5, 0.6) is 0 Å². The Hall–Kier alpha value is -2.41. The van der Waals surface area contributed by atoms with Crippen LogP contribution in [0, 0.1) is 12.3 Å². The molecular formula is C14H13N3O. The number of carbonyl (C=O) groups excluding carboxylic acids is 1. The van der Waals surface area contributed by atoms with E-state index in [-0.39, 0.29) is 11.9 Å². The molecule has 0 spiro atoms. The van der Waals surface area contributed by atoms with Gasteiger partial charge in [0.1, 0.15) is 5.69 Å². The Bertz CT molecular complexity index is 616. The van der Waals surface area contributed by atoms with Gasteiger partial charge < -0.3 is 5.32 Å². The van der Waals surface area contributed by atoms with Gasteiger partial charge in [0.05, 0.1) is 17.2 Å². The molecule has 0 aliphatic heterocycles. The van der Waals surface area contributed by atoms with E-state index < -0.39 is 0 Å². The van der Waals surface area contributed by atoms with Gasteiger partial charge in [-0.2, -0.15) is 0 Å². The summed E-state index contributed by atoms with van der Waals surface area (Å²) in [6.07, 6.45) is 7.15. The molecule has 0 saturated heterocycles. The van der Waals surface area contributed by atoms with Crippen LogP contribution in [0.3, 0.4) is 0 Å². The molecule has 0 fully saturated rings. The number of aromatic nitrogens is 2. The lowest BCUT2D eigenvalue weighted by molar-refractivity contribution is 0.0936. The molecule has 0 radical (unpaired) electrons. The van der Waals surface area contributed by atoms with Crippen LogP contribution in [0.2, 0.25) is 0 Å². The summed E-state index contributed by atoms with van der Waals surface area (Å²) >= 11 is 0. The summed E-state index contributed by atoms with van der Waals surface area (Å²) in [7, 11) is 0. The first-order valence-corrected chi connectivity index (χ1v) is 5.67. The van der Waals surface area contributed by atoms with Crippen molar-refractivity contribution in [3.05, 3.63) is 36.2 Å². The van der Waals surface area contributed by atoms with Gasteiger partial charge in [0.2, 0.25) is 0 Å². The summed E-state index contributed by atoms with van der Waals surface area (Å²) in [5, 5.41) is 2.78. The fourth-order valence-corrected chi connectivity index (χ4v) is 1.59. The maximum Gasteiger partial charge on any atom is 0.271 e. The van der Waals surface area contributed by atoms with Crippen LogP contribution in [0.25, 0.3) is 11.0 Å². The van der Waals surface area contributed by atoms with Crippen molar-refractivity contribution in [2.24, 2.45) is 0 Å². The fraction of sp³-hybridized carbons (Fsp3) is 0.214. The number of terminal acetylenes is 1. The van der Waals surface area contributed by atoms with Crippen LogP contribution < -0.4 is 5.32 Å². The summed E-state index contributed by atoms with van der Waals surface area (Å²) in [6.45, 7) is 1.85. The van der Waals surface area contributed by atoms with Crippen molar-refractivity contribution in [2.75, 3.05) is 0 Å². The molecule has 0 bridgehead atoms. The van der Waals surface area contributed by atoms with Crippen molar-refractivity contribution in [3.63, 3.8) is 0 Å². The van der Waals surface area contributed by atoms with E-state index in [0.717, 1.165) is 5.52 Å². The second-order valence-corrected chi connectivity index (χ2v) is 4.03. The van der Waals surface area contributed by atoms with Crippen LogP contribution >= 0.6 is 0 Å². The van der Waals surface area contributed by atoms with Crippen LogP contribution in [-0.2, 0) is 0 Å². The third-order valence-corrected chi connectivity index (χ3v) is 2.48. The van der Waals surface area contributed by atoms with Crippen LogP contribution in [0.1, 0.15) is 23.8 Å². The molecule has 1 amide bonds. The minimum atomic E-state index is -0.254. The van der Waals surface area contributed by atoms with Crippen molar-refractivity contribution in [1.29, 1.82) is 0 Å². The maximum absolute atomic E-state index is 11.9. The highest BCUT2D eigenvalue weighted by molar-refractivity contribution is 5.93. The zero-order chi connectivity index (χ0) is 13.0. The van der Waals surface area contributed by atoms with E-state index in [1.807, 2.05) is 31.2 Å². The summed E-state index contributed by atoms with van der Waals surface area (Å²) in [5.41, 5.74) is 1.78. The predicted octanol–water partition coefficient (Wildman–Crippen LogP) is 1.77. The molecule has 2 rings (SSSR count). The zero-order valence-corrected chi connectivity index (χ0v) is 10.1. The highest BCUT2D eigenvalue weighted by atomic mass is 16.1. The van der Waals surface area contributed by atoms with Crippen molar-refractivity contribution < 1.29 is 4.79 Å². The molecule has 1 aromatic carbocycles. The lowest BCUT2D eigenvalue weighted by Crippen LogP contribution is -2.32. The van der Waals surface area contributed by atoms with Crippen molar-refractivity contribution in [1.82, 2.24) is 15.3 Å². The van der Waals surface area contributed by atoms with Gasteiger partial charge in [-0.3, -0.25) is 9.78 Å². The van der Waals surface area contributed by atoms with Gasteiger partial charge in [-0.25, -0.2) is 4.98 Å². The summed E-state index contributed by atoms with van der Waals surface area (Å²) in [5.74, 6) is 2.25. The molecule has 1 unspecified atom stereocenters. The van der Waals surface area contributed by atoms with Crippen molar-refractivity contribution >= 4 is 16.9 Å². The average Bonchev–Trinajstić information content (AvgIpc) is 2.38. The third kappa shape index (κ3) is 2.64. The first kappa shape index (κ1) is 12.1. The number of nitrogens with zero attached hydrogens (tertiary/aromatic N) is 2. The Labute approximate surface area is 105 Å². The second kappa shape index (κ2) is 5.28. The number of amides is 1. The zero-order valence-electron chi connectivity index (χ0n) is 10.1. The third-order valence-electron chi connectivity index (χ3n) is 2.48. The highest BCUT2D eigenvalue weighted by Crippen LogP contribution is 2.08. The van der Waals surface area contributed by atoms with E-state index in [4.69, 9.17) is 6.42 Å². The number of carbonyl (C=O) groups is 1. The number of para-hydroxylation sites is 2. The number of hydrogen-bond acceptors (Lipinski definition) is 3. The molecule has 4 heteroatoms. The van der Waals surface area contributed by atoms with Crippen LogP contribution in [0.15, 0.2) is 30.5 Å². The van der Waals surface area contributed by atoms with Gasteiger partial charge in [-0.1, -0.05) is 12.1 Å². The Morgan fingerprint density at radius 1 is 1.44 bits per heavy atom. The number of hydrogen-bond donors (Lipinski definition) is 1. The standard InChI is InChI=1S/C14H13N3O/c1-3-6-10(2)16-14(18)13-9-15-11-7-4-5-8-12(11)17-13/h1,4-5,7-10H,6H2,2H3,(H,16,18). The van der Waals surface area contributed by atoms with Gasteiger partial charge in [-0.05, 0) is 19.1 Å². The molecule has 4 nitrogen and oxygen atoms in total. The van der Waals surface area contributed by atoms with Crippen LogP contribution in [-0.4, -0.2) is 21.9 Å². The molecule has 1 aromatic heterocycles. The molecule has 1 heterocycles. The Kier molecular flexibility index (Phi) is 3.54. The lowest BCUT2D eigenvalue weighted by Gasteiger charge is -2.10. The summed E-state index contributed by atoms with van der Waals surface area (Å²) in [6, 6.07) is 7.34. The number of nitrogens with one attached hydrogen (secondary N) is 1. The minimum Gasteiger partial charge on any atom is -0.347 e. The molecule has 90 valence electrons. The predicted molar refractivity (Wildman–Crippen MR) is 69.9 cm³/mol. The molecule has 1 N–H and O–H groups in total. The van der Waals surface area contributed by atoms with Gasteiger partial charge in [0.15, 0.2) is 0 Å². The van der Waals surface area contributed by atoms with E-state index in [1.165, 1.54) is 6.20 Å². The fourth-order valence-electron chi connectivity index (χ4n) is 1.59. The van der Waals surface area contributed by atoms with Gasteiger partial charge >= 0.3 is 0 Å². The lowest BCUT2D eigenvalue weighted by atomic mass is 10.2. The van der Waals surface area contributed by atoms with E-state index in [0.29, 0.717) is 17.6 Å². The first-order chi connectivity index (χ1) is 8.70. The number of rotatable bonds is 3. The summed E-state index contributed by atoms with van der Waals surface area (Å²) < 4.78 is 0.